The van der Waals surface area contributed by atoms with Crippen LogP contribution in [0.4, 0.5) is 0 Å². The number of carboxylic acid groups (broad SMARTS) is 1. The summed E-state index contributed by atoms with van der Waals surface area (Å²) in [7, 11) is 1.68. The van der Waals surface area contributed by atoms with E-state index in [0.29, 0.717) is 5.92 Å². The summed E-state index contributed by atoms with van der Waals surface area (Å²) < 4.78 is 10.9. The second-order valence-electron chi connectivity index (χ2n) is 8.00. The van der Waals surface area contributed by atoms with Crippen molar-refractivity contribution in [1.29, 1.82) is 0 Å². The smallest absolute Gasteiger partial charge is 0.304 e. The molecule has 1 aromatic rings. The molecule has 26 heavy (non-hydrogen) atoms. The highest BCUT2D eigenvalue weighted by atomic mass is 16.5. The highest BCUT2D eigenvalue weighted by Crippen LogP contribution is 2.53. The van der Waals surface area contributed by atoms with E-state index in [1.54, 1.807) is 7.11 Å². The molecule has 142 valence electrons. The van der Waals surface area contributed by atoms with Crippen LogP contribution in [0.1, 0.15) is 50.7 Å². The largest absolute Gasteiger partial charge is 0.497 e. The van der Waals surface area contributed by atoms with Crippen molar-refractivity contribution in [2.24, 2.45) is 17.3 Å². The summed E-state index contributed by atoms with van der Waals surface area (Å²) in [6, 6.07) is 6.24. The van der Waals surface area contributed by atoms with E-state index < -0.39 is 11.4 Å². The zero-order valence-corrected chi connectivity index (χ0v) is 15.8. The molecule has 0 amide bonds. The summed E-state index contributed by atoms with van der Waals surface area (Å²) in [5.74, 6) is 0.401. The van der Waals surface area contributed by atoms with Crippen molar-refractivity contribution < 1.29 is 24.2 Å². The van der Waals surface area contributed by atoms with Crippen LogP contribution in [0.3, 0.4) is 0 Å². The van der Waals surface area contributed by atoms with Gasteiger partial charge in [0.15, 0.2) is 0 Å². The molecule has 5 nitrogen and oxygen atoms in total. The summed E-state index contributed by atoms with van der Waals surface area (Å²) in [4.78, 5) is 23.0. The highest BCUT2D eigenvalue weighted by molar-refractivity contribution is 5.69. The van der Waals surface area contributed by atoms with Gasteiger partial charge in [0.1, 0.15) is 11.9 Å². The molecule has 0 heterocycles. The predicted octanol–water partition coefficient (Wildman–Crippen LogP) is 3.62. The second-order valence-corrected chi connectivity index (χ2v) is 8.00. The number of benzene rings is 1. The van der Waals surface area contributed by atoms with E-state index in [0.717, 1.165) is 37.9 Å². The fourth-order valence-electron chi connectivity index (χ4n) is 5.20. The molecule has 1 saturated carbocycles. The summed E-state index contributed by atoms with van der Waals surface area (Å²) in [5, 5.41) is 9.47. The Kier molecular flexibility index (Phi) is 5.26. The molecule has 5 heteroatoms. The van der Waals surface area contributed by atoms with Gasteiger partial charge in [-0.1, -0.05) is 13.0 Å². The van der Waals surface area contributed by atoms with Gasteiger partial charge in [0.25, 0.3) is 0 Å². The van der Waals surface area contributed by atoms with E-state index in [1.165, 1.54) is 18.1 Å². The van der Waals surface area contributed by atoms with Crippen LogP contribution in [-0.4, -0.2) is 30.3 Å². The van der Waals surface area contributed by atoms with Crippen molar-refractivity contribution in [3.63, 3.8) is 0 Å². The predicted molar refractivity (Wildman–Crippen MR) is 97.1 cm³/mol. The molecule has 3 rings (SSSR count). The van der Waals surface area contributed by atoms with Gasteiger partial charge in [0, 0.05) is 12.3 Å². The summed E-state index contributed by atoms with van der Waals surface area (Å²) in [6.07, 6.45) is 4.37. The Labute approximate surface area is 154 Å². The minimum absolute atomic E-state index is 0.0432. The van der Waals surface area contributed by atoms with Crippen LogP contribution in [0.15, 0.2) is 18.2 Å². The van der Waals surface area contributed by atoms with Crippen molar-refractivity contribution in [1.82, 2.24) is 0 Å². The molecule has 2 aliphatic carbocycles. The number of carbonyl (C=O) groups is 2. The first-order chi connectivity index (χ1) is 12.3. The number of aryl methyl sites for hydroxylation is 1. The first kappa shape index (κ1) is 18.7. The molecular weight excluding hydrogens is 332 g/mol. The van der Waals surface area contributed by atoms with Crippen molar-refractivity contribution in [2.75, 3.05) is 7.11 Å². The molecule has 4 atom stereocenters. The molecule has 1 aromatic carbocycles. The van der Waals surface area contributed by atoms with E-state index in [2.05, 4.69) is 12.1 Å². The highest BCUT2D eigenvalue weighted by Gasteiger charge is 2.52. The van der Waals surface area contributed by atoms with Crippen LogP contribution in [0.2, 0.25) is 0 Å². The van der Waals surface area contributed by atoms with E-state index in [4.69, 9.17) is 9.47 Å². The zero-order valence-electron chi connectivity index (χ0n) is 15.8. The SMILES string of the molecule is COc1ccc2c(c1)CC[C@@H]([C@@H]1CC[C@H](OC(C)=O)[C@@]1(C)CC(=O)O)C2. The van der Waals surface area contributed by atoms with Gasteiger partial charge in [-0.25, -0.2) is 0 Å². The molecular formula is C21H28O5. The fourth-order valence-corrected chi connectivity index (χ4v) is 5.20. The monoisotopic (exact) mass is 360 g/mol. The number of rotatable bonds is 5. The molecule has 0 aliphatic heterocycles. The lowest BCUT2D eigenvalue weighted by Gasteiger charge is -2.41. The van der Waals surface area contributed by atoms with Crippen LogP contribution < -0.4 is 4.74 Å². The number of hydrogen-bond donors (Lipinski definition) is 1. The lowest BCUT2D eigenvalue weighted by atomic mass is 9.65. The Morgan fingerprint density at radius 1 is 1.23 bits per heavy atom. The molecule has 1 N–H and O–H groups in total. The van der Waals surface area contributed by atoms with Gasteiger partial charge < -0.3 is 14.6 Å². The number of carboxylic acids is 1. The first-order valence-corrected chi connectivity index (χ1v) is 9.38. The fraction of sp³-hybridized carbons (Fsp3) is 0.619. The van der Waals surface area contributed by atoms with Crippen LogP contribution in [0.5, 0.6) is 5.75 Å². The average Bonchev–Trinajstić information content (AvgIpc) is 2.88. The number of esters is 1. The van der Waals surface area contributed by atoms with Gasteiger partial charge in [-0.05, 0) is 67.2 Å². The van der Waals surface area contributed by atoms with E-state index in [9.17, 15) is 14.7 Å². The normalized spacial score (nSPS) is 30.5. The third-order valence-electron chi connectivity index (χ3n) is 6.41. The molecule has 0 saturated heterocycles. The molecule has 0 spiro atoms. The number of ether oxygens (including phenoxy) is 2. The number of methoxy groups -OCH3 is 1. The topological polar surface area (TPSA) is 72.8 Å². The Bertz CT molecular complexity index is 698. The molecule has 1 fully saturated rings. The van der Waals surface area contributed by atoms with E-state index >= 15 is 0 Å². The number of fused-ring (bicyclic) bond motifs is 1. The second kappa shape index (κ2) is 7.29. The van der Waals surface area contributed by atoms with Gasteiger partial charge in [0.2, 0.25) is 0 Å². The Morgan fingerprint density at radius 2 is 2.00 bits per heavy atom. The van der Waals surface area contributed by atoms with Crippen LogP contribution in [0.25, 0.3) is 0 Å². The van der Waals surface area contributed by atoms with Crippen LogP contribution in [-0.2, 0) is 27.2 Å². The quantitative estimate of drug-likeness (QED) is 0.812. The van der Waals surface area contributed by atoms with Crippen molar-refractivity contribution >= 4 is 11.9 Å². The minimum Gasteiger partial charge on any atom is -0.497 e. The average molecular weight is 360 g/mol. The maximum atomic E-state index is 11.5. The molecule has 2 aliphatic rings. The number of carbonyl (C=O) groups excluding carboxylic acids is 1. The van der Waals surface area contributed by atoms with Crippen molar-refractivity contribution in [3.8, 4) is 5.75 Å². The van der Waals surface area contributed by atoms with E-state index in [1.807, 2.05) is 13.0 Å². The molecule has 0 radical (unpaired) electrons. The Morgan fingerprint density at radius 3 is 2.65 bits per heavy atom. The van der Waals surface area contributed by atoms with Crippen LogP contribution in [0, 0.1) is 17.3 Å². The number of hydrogen-bond acceptors (Lipinski definition) is 4. The Balaban J connectivity index is 1.82. The van der Waals surface area contributed by atoms with Crippen molar-refractivity contribution in [2.45, 2.75) is 58.5 Å². The third-order valence-corrected chi connectivity index (χ3v) is 6.41. The third kappa shape index (κ3) is 3.57. The van der Waals surface area contributed by atoms with Gasteiger partial charge in [0.05, 0.1) is 13.5 Å². The van der Waals surface area contributed by atoms with Gasteiger partial charge in [-0.15, -0.1) is 0 Å². The lowest BCUT2D eigenvalue weighted by Crippen LogP contribution is -2.41. The standard InChI is InChI=1S/C21H28O5/c1-13(22)26-19-9-8-18(21(19,2)12-20(23)24)16-5-4-15-11-17(25-3)7-6-14(15)10-16/h6-7,11,16,18-19H,4-5,8-10,12H2,1-3H3,(H,23,24)/t16-,18+,19+,21+/m1/s1. The van der Waals surface area contributed by atoms with Gasteiger partial charge in [-0.2, -0.15) is 0 Å². The first-order valence-electron chi connectivity index (χ1n) is 9.38. The number of aliphatic carboxylic acids is 1. The summed E-state index contributed by atoms with van der Waals surface area (Å²) >= 11 is 0. The van der Waals surface area contributed by atoms with Gasteiger partial charge >= 0.3 is 11.9 Å². The summed E-state index contributed by atoms with van der Waals surface area (Å²) in [5.41, 5.74) is 2.15. The van der Waals surface area contributed by atoms with E-state index in [-0.39, 0.29) is 24.4 Å². The van der Waals surface area contributed by atoms with Gasteiger partial charge in [-0.3, -0.25) is 9.59 Å². The lowest BCUT2D eigenvalue weighted by molar-refractivity contribution is -0.158. The zero-order chi connectivity index (χ0) is 18.9. The summed E-state index contributed by atoms with van der Waals surface area (Å²) in [6.45, 7) is 3.40. The maximum absolute atomic E-state index is 11.5. The minimum atomic E-state index is -0.822. The molecule has 0 unspecified atom stereocenters. The Hall–Kier alpha value is -2.04. The van der Waals surface area contributed by atoms with Crippen LogP contribution >= 0.6 is 0 Å². The molecule has 0 aromatic heterocycles. The molecule has 0 bridgehead atoms. The van der Waals surface area contributed by atoms with Crippen molar-refractivity contribution in [3.05, 3.63) is 29.3 Å². The maximum Gasteiger partial charge on any atom is 0.304 e.